The van der Waals surface area contributed by atoms with Crippen molar-refractivity contribution in [2.24, 2.45) is 0 Å². The van der Waals surface area contributed by atoms with Gasteiger partial charge in [0.15, 0.2) is 16.6 Å². The predicted molar refractivity (Wildman–Crippen MR) is 82.6 cm³/mol. The van der Waals surface area contributed by atoms with Crippen LogP contribution in [0.5, 0.6) is 0 Å². The van der Waals surface area contributed by atoms with E-state index in [-0.39, 0.29) is 29.6 Å². The molecule has 1 saturated heterocycles. The molecule has 1 heterocycles. The SMILES string of the molecule is CO[C@@H]1O[C@H](COS(=O)(=O)O)[C@@H](OS(=O)(=O)O)[C@H](OS(=O)(=O)O)[C@H]1NS(=O)(=O)[O-].[Na+]. The van der Waals surface area contributed by atoms with Crippen LogP contribution >= 0.6 is 0 Å². The summed E-state index contributed by atoms with van der Waals surface area (Å²) >= 11 is 0. The van der Waals surface area contributed by atoms with Crippen LogP contribution in [0.25, 0.3) is 0 Å². The number of methoxy groups -OCH3 is 1. The topological polar surface area (TPSA) is 278 Å². The van der Waals surface area contributed by atoms with Crippen molar-refractivity contribution < 1.29 is 103 Å². The molecule has 0 bridgehead atoms. The zero-order valence-corrected chi connectivity index (χ0v) is 20.0. The van der Waals surface area contributed by atoms with Crippen LogP contribution in [0, 0.1) is 0 Å². The first-order valence-electron chi connectivity index (χ1n) is 6.66. The molecule has 1 aliphatic rings. The second-order valence-electron chi connectivity index (χ2n) is 5.07. The summed E-state index contributed by atoms with van der Waals surface area (Å²) in [6.45, 7) is -1.32. The average Bonchev–Trinajstić information content (AvgIpc) is 2.44. The zero-order valence-electron chi connectivity index (χ0n) is 14.8. The summed E-state index contributed by atoms with van der Waals surface area (Å²) in [5, 5.41) is 0. The number of hydrogen-bond donors (Lipinski definition) is 4. The number of hydrogen-bond acceptors (Lipinski definition) is 14. The molecule has 4 N–H and O–H groups in total. The van der Waals surface area contributed by atoms with E-state index in [1.165, 1.54) is 4.72 Å². The van der Waals surface area contributed by atoms with Gasteiger partial charge in [-0.05, 0) is 0 Å². The van der Waals surface area contributed by atoms with Gasteiger partial charge in [0.25, 0.3) is 0 Å². The Morgan fingerprint density at radius 2 is 1.37 bits per heavy atom. The van der Waals surface area contributed by atoms with E-state index >= 15 is 0 Å². The predicted octanol–water partition coefficient (Wildman–Crippen LogP) is -7.02. The van der Waals surface area contributed by atoms with E-state index in [1.54, 1.807) is 0 Å². The maximum Gasteiger partial charge on any atom is 1.00 e. The molecule has 23 heteroatoms. The maximum absolute atomic E-state index is 11.1. The molecule has 1 fully saturated rings. The van der Waals surface area contributed by atoms with Crippen molar-refractivity contribution in [1.29, 1.82) is 0 Å². The van der Waals surface area contributed by atoms with Gasteiger partial charge in [-0.2, -0.15) is 25.3 Å². The average molecular weight is 535 g/mol. The molecule has 0 aromatic heterocycles. The van der Waals surface area contributed by atoms with Crippen LogP contribution in [0.3, 0.4) is 0 Å². The molecule has 0 saturated carbocycles. The Balaban J connectivity index is 0.00000841. The molecule has 1 rings (SSSR count). The van der Waals surface area contributed by atoms with Crippen molar-refractivity contribution in [2.45, 2.75) is 30.6 Å². The van der Waals surface area contributed by atoms with E-state index in [1.807, 2.05) is 0 Å². The number of nitrogens with one attached hydrogen (secondary N) is 1. The first kappa shape index (κ1) is 30.4. The van der Waals surface area contributed by atoms with Gasteiger partial charge in [0.2, 0.25) is 0 Å². The molecule has 0 amide bonds. The Morgan fingerprint density at radius 1 is 0.900 bits per heavy atom. The smallest absolute Gasteiger partial charge is 0.735 e. The molecule has 174 valence electrons. The third-order valence-electron chi connectivity index (χ3n) is 3.01. The largest absolute Gasteiger partial charge is 1.00 e. The Hall–Kier alpha value is 0.400. The summed E-state index contributed by atoms with van der Waals surface area (Å²) in [7, 11) is -20.8. The Morgan fingerprint density at radius 3 is 1.73 bits per heavy atom. The van der Waals surface area contributed by atoms with Crippen LogP contribution in [0.15, 0.2) is 0 Å². The molecule has 1 aliphatic heterocycles. The fraction of sp³-hybridized carbons (Fsp3) is 1.00. The van der Waals surface area contributed by atoms with Crippen LogP contribution in [0.1, 0.15) is 0 Å². The van der Waals surface area contributed by atoms with E-state index in [0.717, 1.165) is 7.11 Å². The van der Waals surface area contributed by atoms with Gasteiger partial charge in [0.1, 0.15) is 24.4 Å². The fourth-order valence-electron chi connectivity index (χ4n) is 2.20. The van der Waals surface area contributed by atoms with Crippen molar-refractivity contribution in [1.82, 2.24) is 4.72 Å². The summed E-state index contributed by atoms with van der Waals surface area (Å²) in [6.07, 6.45) is -9.03. The molecule has 0 aliphatic carbocycles. The molecule has 30 heavy (non-hydrogen) atoms. The monoisotopic (exact) mass is 535 g/mol. The van der Waals surface area contributed by atoms with Gasteiger partial charge in [0.05, 0.1) is 6.61 Å². The molecule has 5 atom stereocenters. The molecule has 0 unspecified atom stereocenters. The maximum atomic E-state index is 11.1. The summed E-state index contributed by atoms with van der Waals surface area (Å²) in [4.78, 5) is 0. The van der Waals surface area contributed by atoms with Crippen LogP contribution in [-0.2, 0) is 63.5 Å². The molecule has 0 spiro atoms. The summed E-state index contributed by atoms with van der Waals surface area (Å²) in [6, 6.07) is -2.22. The first-order valence-corrected chi connectivity index (χ1v) is 12.2. The van der Waals surface area contributed by atoms with Gasteiger partial charge in [-0.25, -0.2) is 25.7 Å². The Labute approximate surface area is 193 Å². The minimum atomic E-state index is -5.51. The third-order valence-corrected chi connectivity index (χ3v) is 4.93. The van der Waals surface area contributed by atoms with Gasteiger partial charge in [-0.15, -0.1) is 0 Å². The van der Waals surface area contributed by atoms with Gasteiger partial charge < -0.3 is 14.0 Å². The minimum absolute atomic E-state index is 0. The zero-order chi connectivity index (χ0) is 22.8. The van der Waals surface area contributed by atoms with Crippen molar-refractivity contribution in [3.05, 3.63) is 0 Å². The van der Waals surface area contributed by atoms with Gasteiger partial charge in [0, 0.05) is 7.11 Å². The molecule has 0 radical (unpaired) electrons. The number of ether oxygens (including phenoxy) is 2. The van der Waals surface area contributed by atoms with Crippen LogP contribution in [0.4, 0.5) is 0 Å². The summed E-state index contributed by atoms with van der Waals surface area (Å²) in [5.41, 5.74) is 0. The summed E-state index contributed by atoms with van der Waals surface area (Å²) < 4.78 is 148. The molecule has 18 nitrogen and oxygen atoms in total. The molecular weight excluding hydrogens is 521 g/mol. The van der Waals surface area contributed by atoms with E-state index in [2.05, 4.69) is 17.3 Å². The third kappa shape index (κ3) is 11.3. The second-order valence-corrected chi connectivity index (χ2v) is 9.40. The standard InChI is InChI=1S/C7H15NO17S4.Na/c1-21-7-4(8-26(9,10)11)6(25-29(18,19)20)5(24-28(15,16)17)3(23-7)2-22-27(12,13)14;/h3-8H,2H2,1H3,(H,9,10,11)(H,12,13,14)(H,15,16,17)(H,18,19,20);/q;+1/p-1/t3-,4-,5-,6-,7-;/m1./s1. The molecular formula is C7H14NNaO17S4. The second kappa shape index (κ2) is 11.0. The van der Waals surface area contributed by atoms with Crippen molar-refractivity contribution in [3.8, 4) is 0 Å². The molecule has 0 aromatic carbocycles. The van der Waals surface area contributed by atoms with Crippen molar-refractivity contribution >= 4 is 41.5 Å². The summed E-state index contributed by atoms with van der Waals surface area (Å²) in [5.74, 6) is 0. The van der Waals surface area contributed by atoms with Gasteiger partial charge in [-0.1, -0.05) is 0 Å². The van der Waals surface area contributed by atoms with Crippen LogP contribution < -0.4 is 34.3 Å². The van der Waals surface area contributed by atoms with Gasteiger partial charge >= 0.3 is 60.8 Å². The van der Waals surface area contributed by atoms with Crippen LogP contribution in [-0.4, -0.2) is 96.2 Å². The van der Waals surface area contributed by atoms with E-state index in [9.17, 15) is 38.2 Å². The van der Waals surface area contributed by atoms with Gasteiger partial charge in [-0.3, -0.25) is 13.7 Å². The van der Waals surface area contributed by atoms with Crippen molar-refractivity contribution in [3.63, 3.8) is 0 Å². The van der Waals surface area contributed by atoms with E-state index in [0.29, 0.717) is 0 Å². The molecule has 0 aromatic rings. The van der Waals surface area contributed by atoms with Crippen molar-refractivity contribution in [2.75, 3.05) is 13.7 Å². The Bertz CT molecular complexity index is 989. The fourth-order valence-corrected chi connectivity index (χ4v) is 4.10. The van der Waals surface area contributed by atoms with E-state index < -0.39 is 78.8 Å². The first-order chi connectivity index (χ1) is 12.8. The quantitative estimate of drug-likeness (QED) is 0.149. The van der Waals surface area contributed by atoms with Crippen LogP contribution in [0.2, 0.25) is 0 Å². The Kier molecular flexibility index (Phi) is 11.2. The normalized spacial score (nSPS) is 28.6. The van der Waals surface area contributed by atoms with E-state index in [4.69, 9.17) is 18.4 Å². The number of rotatable bonds is 10. The minimum Gasteiger partial charge on any atom is -0.735 e.